The fourth-order valence-electron chi connectivity index (χ4n) is 2.09. The highest BCUT2D eigenvalue weighted by atomic mass is 32.2. The highest BCUT2D eigenvalue weighted by Gasteiger charge is 2.16. The van der Waals surface area contributed by atoms with E-state index in [1.54, 1.807) is 14.2 Å². The summed E-state index contributed by atoms with van der Waals surface area (Å²) < 4.78 is 22.6. The molecule has 4 nitrogen and oxygen atoms in total. The molecular weight excluding hydrogens is 274 g/mol. The lowest BCUT2D eigenvalue weighted by Crippen LogP contribution is -2.26. The maximum Gasteiger partial charge on any atom is 0.161 e. The largest absolute Gasteiger partial charge is 0.493 e. The molecule has 0 aliphatic rings. The normalized spacial score (nSPS) is 13.8. The Kier molecular flexibility index (Phi) is 7.62. The molecule has 1 aromatic carbocycles. The Morgan fingerprint density at radius 2 is 1.90 bits per heavy atom. The number of rotatable bonds is 9. The second-order valence-electron chi connectivity index (χ2n) is 4.54. The van der Waals surface area contributed by atoms with E-state index in [9.17, 15) is 4.21 Å². The van der Waals surface area contributed by atoms with E-state index in [0.29, 0.717) is 17.3 Å². The molecule has 0 heterocycles. The van der Waals surface area contributed by atoms with Gasteiger partial charge in [-0.05, 0) is 30.7 Å². The van der Waals surface area contributed by atoms with Crippen LogP contribution < -0.4 is 14.8 Å². The third-order valence-corrected chi connectivity index (χ3v) is 4.61. The van der Waals surface area contributed by atoms with Crippen molar-refractivity contribution in [1.29, 1.82) is 0 Å². The lowest BCUT2D eigenvalue weighted by Gasteiger charge is -2.19. The van der Waals surface area contributed by atoms with Gasteiger partial charge in [-0.3, -0.25) is 4.21 Å². The van der Waals surface area contributed by atoms with Crippen LogP contribution in [0.15, 0.2) is 18.2 Å². The van der Waals surface area contributed by atoms with Gasteiger partial charge in [0.15, 0.2) is 11.5 Å². The van der Waals surface area contributed by atoms with Crippen LogP contribution in [-0.2, 0) is 10.8 Å². The van der Waals surface area contributed by atoms with Gasteiger partial charge in [-0.1, -0.05) is 19.9 Å². The van der Waals surface area contributed by atoms with Gasteiger partial charge >= 0.3 is 0 Å². The van der Waals surface area contributed by atoms with Gasteiger partial charge in [0.25, 0.3) is 0 Å². The molecule has 0 aromatic heterocycles. The van der Waals surface area contributed by atoms with Gasteiger partial charge in [-0.2, -0.15) is 0 Å². The molecule has 0 bridgehead atoms. The van der Waals surface area contributed by atoms with Crippen LogP contribution in [-0.4, -0.2) is 36.5 Å². The van der Waals surface area contributed by atoms with Crippen LogP contribution in [0.3, 0.4) is 0 Å². The molecule has 1 N–H and O–H groups in total. The number of hydrogen-bond acceptors (Lipinski definition) is 4. The molecule has 1 aromatic rings. The van der Waals surface area contributed by atoms with Crippen LogP contribution in [0, 0.1) is 0 Å². The van der Waals surface area contributed by atoms with Gasteiger partial charge in [0.05, 0.1) is 14.2 Å². The topological polar surface area (TPSA) is 47.6 Å². The average Bonchev–Trinajstić information content (AvgIpc) is 2.46. The highest BCUT2D eigenvalue weighted by molar-refractivity contribution is 7.85. The molecule has 0 spiro atoms. The summed E-state index contributed by atoms with van der Waals surface area (Å²) in [5, 5.41) is 3.39. The molecule has 0 saturated heterocycles. The van der Waals surface area contributed by atoms with E-state index in [-0.39, 0.29) is 6.04 Å². The van der Waals surface area contributed by atoms with E-state index in [1.165, 1.54) is 0 Å². The fraction of sp³-hybridized carbons (Fsp3) is 0.600. The second-order valence-corrected chi connectivity index (χ2v) is 6.16. The highest BCUT2D eigenvalue weighted by Crippen LogP contribution is 2.30. The summed E-state index contributed by atoms with van der Waals surface area (Å²) in [6.07, 6.45) is 0.942. The first kappa shape index (κ1) is 17.0. The molecule has 5 heteroatoms. The van der Waals surface area contributed by atoms with Gasteiger partial charge in [0.1, 0.15) is 0 Å². The van der Waals surface area contributed by atoms with Crippen LogP contribution in [0.2, 0.25) is 0 Å². The zero-order valence-corrected chi connectivity index (χ0v) is 13.6. The second kappa shape index (κ2) is 8.97. The Hall–Kier alpha value is -1.07. The SMILES string of the molecule is CCCS(=O)CC(NCC)c1ccc(OC)c(OC)c1. The summed E-state index contributed by atoms with van der Waals surface area (Å²) in [6, 6.07) is 5.92. The number of ether oxygens (including phenoxy) is 2. The van der Waals surface area contributed by atoms with Crippen molar-refractivity contribution in [2.75, 3.05) is 32.3 Å². The number of hydrogen-bond donors (Lipinski definition) is 1. The van der Waals surface area contributed by atoms with E-state index >= 15 is 0 Å². The van der Waals surface area contributed by atoms with Crippen LogP contribution in [0.4, 0.5) is 0 Å². The van der Waals surface area contributed by atoms with Crippen molar-refractivity contribution in [3.8, 4) is 11.5 Å². The zero-order valence-electron chi connectivity index (χ0n) is 12.8. The maximum atomic E-state index is 12.0. The molecule has 114 valence electrons. The first-order valence-corrected chi connectivity index (χ1v) is 8.45. The minimum Gasteiger partial charge on any atom is -0.493 e. The first-order valence-electron chi connectivity index (χ1n) is 6.96. The summed E-state index contributed by atoms with van der Waals surface area (Å²) in [7, 11) is 2.44. The van der Waals surface area contributed by atoms with Crippen LogP contribution >= 0.6 is 0 Å². The van der Waals surface area contributed by atoms with Gasteiger partial charge in [0.2, 0.25) is 0 Å². The van der Waals surface area contributed by atoms with Crippen molar-refractivity contribution < 1.29 is 13.7 Å². The lowest BCUT2D eigenvalue weighted by atomic mass is 10.1. The molecular formula is C15H25NO3S. The third kappa shape index (κ3) is 4.80. The number of methoxy groups -OCH3 is 2. The Morgan fingerprint density at radius 1 is 1.20 bits per heavy atom. The molecule has 0 amide bonds. The first-order chi connectivity index (χ1) is 9.65. The van der Waals surface area contributed by atoms with Crippen LogP contribution in [0.25, 0.3) is 0 Å². The van der Waals surface area contributed by atoms with Gasteiger partial charge in [-0.25, -0.2) is 0 Å². The Bertz CT molecular complexity index is 437. The van der Waals surface area contributed by atoms with Crippen LogP contribution in [0.5, 0.6) is 11.5 Å². The lowest BCUT2D eigenvalue weighted by molar-refractivity contribution is 0.354. The van der Waals surface area contributed by atoms with Gasteiger partial charge in [0, 0.05) is 28.3 Å². The van der Waals surface area contributed by atoms with Crippen molar-refractivity contribution in [1.82, 2.24) is 5.32 Å². The summed E-state index contributed by atoms with van der Waals surface area (Å²) >= 11 is 0. The number of benzene rings is 1. The minimum absolute atomic E-state index is 0.0761. The molecule has 0 fully saturated rings. The van der Waals surface area contributed by atoms with E-state index in [2.05, 4.69) is 19.2 Å². The quantitative estimate of drug-likeness (QED) is 0.761. The standard InChI is InChI=1S/C15H25NO3S/c1-5-9-20(17)11-13(16-6-2)12-7-8-14(18-3)15(10-12)19-4/h7-8,10,13,16H,5-6,9,11H2,1-4H3. The monoisotopic (exact) mass is 299 g/mol. The van der Waals surface area contributed by atoms with Crippen molar-refractivity contribution >= 4 is 10.8 Å². The predicted octanol–water partition coefficient (Wildman–Crippen LogP) is 2.51. The molecule has 0 radical (unpaired) electrons. The van der Waals surface area contributed by atoms with Crippen molar-refractivity contribution in [3.63, 3.8) is 0 Å². The molecule has 0 aliphatic heterocycles. The van der Waals surface area contributed by atoms with E-state index in [4.69, 9.17) is 9.47 Å². The third-order valence-electron chi connectivity index (χ3n) is 3.04. The smallest absolute Gasteiger partial charge is 0.161 e. The molecule has 1 rings (SSSR count). The van der Waals surface area contributed by atoms with E-state index in [1.807, 2.05) is 18.2 Å². The van der Waals surface area contributed by atoms with E-state index < -0.39 is 10.8 Å². The van der Waals surface area contributed by atoms with Gasteiger partial charge in [-0.15, -0.1) is 0 Å². The molecule has 0 aliphatic carbocycles. The maximum absolute atomic E-state index is 12.0. The summed E-state index contributed by atoms with van der Waals surface area (Å²) in [5.41, 5.74) is 1.08. The molecule has 2 atom stereocenters. The molecule has 0 saturated carbocycles. The zero-order chi connectivity index (χ0) is 15.0. The minimum atomic E-state index is -0.802. The van der Waals surface area contributed by atoms with Crippen LogP contribution in [0.1, 0.15) is 31.9 Å². The van der Waals surface area contributed by atoms with Crippen molar-refractivity contribution in [2.24, 2.45) is 0 Å². The average molecular weight is 299 g/mol. The number of nitrogens with one attached hydrogen (secondary N) is 1. The molecule has 2 unspecified atom stereocenters. The summed E-state index contributed by atoms with van der Waals surface area (Å²) in [5.74, 6) is 2.78. The predicted molar refractivity (Wildman–Crippen MR) is 84.1 cm³/mol. The fourth-order valence-corrected chi connectivity index (χ4v) is 3.39. The Labute approximate surface area is 124 Å². The van der Waals surface area contributed by atoms with E-state index in [0.717, 1.165) is 24.3 Å². The Morgan fingerprint density at radius 3 is 2.45 bits per heavy atom. The van der Waals surface area contributed by atoms with Crippen molar-refractivity contribution in [3.05, 3.63) is 23.8 Å². The molecule has 20 heavy (non-hydrogen) atoms. The van der Waals surface area contributed by atoms with Gasteiger partial charge < -0.3 is 14.8 Å². The van der Waals surface area contributed by atoms with Crippen molar-refractivity contribution in [2.45, 2.75) is 26.3 Å². The summed E-state index contributed by atoms with van der Waals surface area (Å²) in [4.78, 5) is 0. The summed E-state index contributed by atoms with van der Waals surface area (Å²) in [6.45, 7) is 4.94. The Balaban J connectivity index is 2.93.